The Morgan fingerprint density at radius 1 is 1.80 bits per heavy atom. The summed E-state index contributed by atoms with van der Waals surface area (Å²) in [4.78, 5) is 10.5. The van der Waals surface area contributed by atoms with Gasteiger partial charge in [0.2, 0.25) is 0 Å². The Hall–Kier alpha value is -0.260. The Labute approximate surface area is 62.3 Å². The monoisotopic (exact) mass is 165 g/mol. The molecule has 10 heavy (non-hydrogen) atoms. The summed E-state index contributed by atoms with van der Waals surface area (Å²) in [5, 5.41) is 2.58. The number of carbonyl (C=O) groups excluding carboxylic acids is 1. The Balaban J connectivity index is 3.49. The highest BCUT2D eigenvalue weighted by atomic mass is 32.2. The van der Waals surface area contributed by atoms with Gasteiger partial charge >= 0.3 is 0 Å². The number of ketones is 1. The zero-order chi connectivity index (χ0) is 8.15. The number of Topliss-reactive ketones (excluding diaryl/α,β-unsaturated/α-hetero) is 1. The molecule has 0 aliphatic carbocycles. The molecule has 0 aromatic rings. The molecule has 2 N–H and O–H groups in total. The molecule has 60 valence electrons. The smallest absolute Gasteiger partial charge is 0.167 e. The van der Waals surface area contributed by atoms with E-state index in [1.54, 1.807) is 6.92 Å². The third-order valence-electron chi connectivity index (χ3n) is 1.12. The van der Waals surface area contributed by atoms with E-state index in [1.165, 1.54) is 6.92 Å². The number of rotatable bonds is 4. The van der Waals surface area contributed by atoms with Gasteiger partial charge < -0.3 is 4.55 Å². The summed E-state index contributed by atoms with van der Waals surface area (Å²) in [5.74, 6) is -0.0914. The Bertz CT molecular complexity index is 148. The second-order valence-electron chi connectivity index (χ2n) is 2.00. The van der Waals surface area contributed by atoms with E-state index in [0.717, 1.165) is 0 Å². The molecule has 5 heteroatoms. The van der Waals surface area contributed by atoms with Gasteiger partial charge in [-0.1, -0.05) is 0 Å². The van der Waals surface area contributed by atoms with Crippen molar-refractivity contribution < 1.29 is 13.6 Å². The highest BCUT2D eigenvalue weighted by Crippen LogP contribution is 1.82. The van der Waals surface area contributed by atoms with Crippen LogP contribution in [0.4, 0.5) is 0 Å². The molecule has 0 saturated heterocycles. The molecule has 0 bridgehead atoms. The minimum absolute atomic E-state index is 0.0366. The predicted molar refractivity (Wildman–Crippen MR) is 38.9 cm³/mol. The largest absolute Gasteiger partial charge is 0.305 e. The summed E-state index contributed by atoms with van der Waals surface area (Å²) < 4.78 is 18.3. The van der Waals surface area contributed by atoms with E-state index in [-0.39, 0.29) is 17.7 Å². The first-order valence-corrected chi connectivity index (χ1v) is 4.13. The van der Waals surface area contributed by atoms with Crippen molar-refractivity contribution in [1.29, 1.82) is 0 Å². The lowest BCUT2D eigenvalue weighted by Gasteiger charge is -2.06. The van der Waals surface area contributed by atoms with Crippen molar-refractivity contribution in [2.45, 2.75) is 19.9 Å². The van der Waals surface area contributed by atoms with Crippen LogP contribution in [0.3, 0.4) is 0 Å². The van der Waals surface area contributed by atoms with Crippen LogP contribution in [0.1, 0.15) is 13.8 Å². The molecule has 0 aliphatic rings. The van der Waals surface area contributed by atoms with Gasteiger partial charge in [0.1, 0.15) is 5.78 Å². The van der Waals surface area contributed by atoms with Crippen molar-refractivity contribution in [3.63, 3.8) is 0 Å². The third-order valence-corrected chi connectivity index (χ3v) is 1.54. The Morgan fingerprint density at radius 2 is 2.30 bits per heavy atom. The molecule has 2 unspecified atom stereocenters. The maximum atomic E-state index is 10.5. The maximum Gasteiger partial charge on any atom is 0.167 e. The molecule has 0 radical (unpaired) electrons. The van der Waals surface area contributed by atoms with Crippen molar-refractivity contribution >= 4 is 16.9 Å². The first-order valence-electron chi connectivity index (χ1n) is 2.85. The SMILES string of the molecule is CC(=O)C(C)NCS(=O)O. The quantitative estimate of drug-likeness (QED) is 0.563. The van der Waals surface area contributed by atoms with Crippen LogP contribution in [0.5, 0.6) is 0 Å². The molecule has 0 aromatic carbocycles. The number of hydrogen-bond donors (Lipinski definition) is 2. The van der Waals surface area contributed by atoms with E-state index >= 15 is 0 Å². The van der Waals surface area contributed by atoms with E-state index < -0.39 is 11.1 Å². The van der Waals surface area contributed by atoms with Gasteiger partial charge in [0.25, 0.3) is 0 Å². The highest BCUT2D eigenvalue weighted by molar-refractivity contribution is 7.79. The molecule has 4 nitrogen and oxygen atoms in total. The van der Waals surface area contributed by atoms with Crippen LogP contribution >= 0.6 is 0 Å². The average Bonchev–Trinajstić information content (AvgIpc) is 1.82. The van der Waals surface area contributed by atoms with Crippen LogP contribution in [-0.2, 0) is 15.9 Å². The zero-order valence-electron chi connectivity index (χ0n) is 5.96. The van der Waals surface area contributed by atoms with E-state index in [2.05, 4.69) is 5.32 Å². The predicted octanol–water partition coefficient (Wildman–Crippen LogP) is -0.267. The molecule has 0 heterocycles. The molecular weight excluding hydrogens is 154 g/mol. The second kappa shape index (κ2) is 4.54. The topological polar surface area (TPSA) is 66.4 Å². The summed E-state index contributed by atoms with van der Waals surface area (Å²) in [7, 11) is 0. The molecule has 0 amide bonds. The fourth-order valence-corrected chi connectivity index (χ4v) is 0.733. The van der Waals surface area contributed by atoms with Crippen molar-refractivity contribution in [1.82, 2.24) is 5.32 Å². The van der Waals surface area contributed by atoms with Gasteiger partial charge in [0, 0.05) is 0 Å². The van der Waals surface area contributed by atoms with Gasteiger partial charge in [-0.2, -0.15) is 0 Å². The lowest BCUT2D eigenvalue weighted by atomic mass is 10.2. The van der Waals surface area contributed by atoms with Gasteiger partial charge in [0.05, 0.1) is 11.9 Å². The van der Waals surface area contributed by atoms with Crippen LogP contribution in [0.25, 0.3) is 0 Å². The number of hydrogen-bond acceptors (Lipinski definition) is 3. The van der Waals surface area contributed by atoms with E-state index in [1.807, 2.05) is 0 Å². The maximum absolute atomic E-state index is 10.5. The summed E-state index contributed by atoms with van der Waals surface area (Å²) in [6.45, 7) is 3.08. The van der Waals surface area contributed by atoms with E-state index in [4.69, 9.17) is 4.55 Å². The molecule has 0 fully saturated rings. The van der Waals surface area contributed by atoms with Crippen molar-refractivity contribution in [2.24, 2.45) is 0 Å². The van der Waals surface area contributed by atoms with Crippen molar-refractivity contribution in [2.75, 3.05) is 5.88 Å². The first-order chi connectivity index (χ1) is 4.54. The van der Waals surface area contributed by atoms with Crippen molar-refractivity contribution in [3.05, 3.63) is 0 Å². The summed E-state index contributed by atoms with van der Waals surface area (Å²) in [5.41, 5.74) is 0. The first kappa shape index (κ1) is 9.74. The Kier molecular flexibility index (Phi) is 4.42. The van der Waals surface area contributed by atoms with Crippen LogP contribution in [0.15, 0.2) is 0 Å². The second-order valence-corrected chi connectivity index (χ2v) is 2.93. The minimum atomic E-state index is -1.87. The molecule has 0 saturated carbocycles. The normalized spacial score (nSPS) is 16.3. The van der Waals surface area contributed by atoms with Crippen molar-refractivity contribution in [3.8, 4) is 0 Å². The standard InChI is InChI=1S/C5H11NO3S/c1-4(5(2)7)6-3-10(8)9/h4,6H,3H2,1-2H3,(H,8,9). The molecule has 0 aliphatic heterocycles. The third kappa shape index (κ3) is 4.60. The summed E-state index contributed by atoms with van der Waals surface area (Å²) >= 11 is -1.87. The summed E-state index contributed by atoms with van der Waals surface area (Å²) in [6, 6.07) is -0.337. The van der Waals surface area contributed by atoms with Gasteiger partial charge in [-0.05, 0) is 13.8 Å². The van der Waals surface area contributed by atoms with Crippen LogP contribution in [-0.4, -0.2) is 26.5 Å². The van der Waals surface area contributed by atoms with Crippen LogP contribution in [0.2, 0.25) is 0 Å². The van der Waals surface area contributed by atoms with Gasteiger partial charge in [-0.15, -0.1) is 0 Å². The fraction of sp³-hybridized carbons (Fsp3) is 0.800. The van der Waals surface area contributed by atoms with Crippen LogP contribution in [0, 0.1) is 0 Å². The lowest BCUT2D eigenvalue weighted by molar-refractivity contribution is -0.118. The molecular formula is C5H11NO3S. The van der Waals surface area contributed by atoms with Gasteiger partial charge in [-0.3, -0.25) is 10.1 Å². The Morgan fingerprint density at radius 3 is 2.60 bits per heavy atom. The van der Waals surface area contributed by atoms with Gasteiger partial charge in [0.15, 0.2) is 11.1 Å². The van der Waals surface area contributed by atoms with E-state index in [9.17, 15) is 9.00 Å². The average molecular weight is 165 g/mol. The lowest BCUT2D eigenvalue weighted by Crippen LogP contribution is -2.34. The number of nitrogens with one attached hydrogen (secondary N) is 1. The molecule has 0 rings (SSSR count). The molecule has 0 aromatic heterocycles. The highest BCUT2D eigenvalue weighted by Gasteiger charge is 2.06. The zero-order valence-corrected chi connectivity index (χ0v) is 6.77. The van der Waals surface area contributed by atoms with E-state index in [0.29, 0.717) is 0 Å². The molecule has 2 atom stereocenters. The summed E-state index contributed by atoms with van der Waals surface area (Å²) in [6.07, 6.45) is 0. The fourth-order valence-electron chi connectivity index (χ4n) is 0.340. The minimum Gasteiger partial charge on any atom is -0.305 e. The molecule has 0 spiro atoms. The number of carbonyl (C=O) groups is 1. The van der Waals surface area contributed by atoms with Gasteiger partial charge in [-0.25, -0.2) is 4.21 Å². The van der Waals surface area contributed by atoms with Crippen LogP contribution < -0.4 is 5.32 Å².